The van der Waals surface area contributed by atoms with Gasteiger partial charge in [-0.2, -0.15) is 11.3 Å². The second-order valence-corrected chi connectivity index (χ2v) is 4.03. The first-order valence-corrected chi connectivity index (χ1v) is 5.84. The Morgan fingerprint density at radius 2 is 2.50 bits per heavy atom. The predicted molar refractivity (Wildman–Crippen MR) is 60.0 cm³/mol. The number of carbonyl (C=O) groups is 1. The fraction of sp³-hybridized carbons (Fsp3) is 0.444. The molecule has 0 aliphatic rings. The molecule has 1 aromatic heterocycles. The number of urea groups is 1. The number of alkyl halides is 1. The first-order valence-electron chi connectivity index (χ1n) is 4.36. The van der Waals surface area contributed by atoms with E-state index in [0.29, 0.717) is 12.4 Å². The third kappa shape index (κ3) is 3.55. The lowest BCUT2D eigenvalue weighted by molar-refractivity contribution is 0.238. The van der Waals surface area contributed by atoms with E-state index in [-0.39, 0.29) is 12.1 Å². The van der Waals surface area contributed by atoms with Crippen molar-refractivity contribution in [3.8, 4) is 0 Å². The summed E-state index contributed by atoms with van der Waals surface area (Å²) in [5.41, 5.74) is 1.12. The molecule has 0 aliphatic carbocycles. The zero-order valence-corrected chi connectivity index (χ0v) is 9.49. The highest BCUT2D eigenvalue weighted by molar-refractivity contribution is 7.07. The summed E-state index contributed by atoms with van der Waals surface area (Å²) in [4.78, 5) is 11.2. The number of hydrogen-bond acceptors (Lipinski definition) is 2. The van der Waals surface area contributed by atoms with Gasteiger partial charge in [0.15, 0.2) is 0 Å². The second kappa shape index (κ2) is 5.88. The zero-order valence-electron chi connectivity index (χ0n) is 7.92. The molecule has 2 N–H and O–H groups in total. The Bertz CT molecular complexity index is 276. The fourth-order valence-corrected chi connectivity index (χ4v) is 1.86. The Hall–Kier alpha value is -0.740. The SMILES string of the molecule is CC(NC(=O)NCCCl)c1ccsc1. The molecule has 1 unspecified atom stereocenters. The number of carbonyl (C=O) groups excluding carboxylic acids is 1. The van der Waals surface area contributed by atoms with E-state index in [1.807, 2.05) is 23.8 Å². The van der Waals surface area contributed by atoms with Crippen molar-refractivity contribution in [2.24, 2.45) is 0 Å². The Balaban J connectivity index is 2.33. The molecule has 78 valence electrons. The second-order valence-electron chi connectivity index (χ2n) is 2.87. The van der Waals surface area contributed by atoms with E-state index in [1.54, 1.807) is 11.3 Å². The number of halogens is 1. The summed E-state index contributed by atoms with van der Waals surface area (Å²) in [7, 11) is 0. The van der Waals surface area contributed by atoms with E-state index in [4.69, 9.17) is 11.6 Å². The van der Waals surface area contributed by atoms with Crippen molar-refractivity contribution in [3.05, 3.63) is 22.4 Å². The van der Waals surface area contributed by atoms with Crippen LogP contribution in [0.25, 0.3) is 0 Å². The van der Waals surface area contributed by atoms with Gasteiger partial charge in [-0.15, -0.1) is 11.6 Å². The average Bonchev–Trinajstić information content (AvgIpc) is 2.67. The van der Waals surface area contributed by atoms with Gasteiger partial charge in [0, 0.05) is 12.4 Å². The van der Waals surface area contributed by atoms with E-state index in [0.717, 1.165) is 5.56 Å². The van der Waals surface area contributed by atoms with E-state index in [1.165, 1.54) is 0 Å². The van der Waals surface area contributed by atoms with Crippen LogP contribution in [0.1, 0.15) is 18.5 Å². The summed E-state index contributed by atoms with van der Waals surface area (Å²) in [5, 5.41) is 9.47. The van der Waals surface area contributed by atoms with Crippen LogP contribution in [-0.4, -0.2) is 18.5 Å². The number of hydrogen-bond donors (Lipinski definition) is 2. The molecule has 0 fully saturated rings. The highest BCUT2D eigenvalue weighted by Gasteiger charge is 2.08. The van der Waals surface area contributed by atoms with Crippen molar-refractivity contribution in [1.29, 1.82) is 0 Å². The molecule has 14 heavy (non-hydrogen) atoms. The van der Waals surface area contributed by atoms with Gasteiger partial charge >= 0.3 is 6.03 Å². The normalized spacial score (nSPS) is 12.1. The molecule has 1 atom stereocenters. The van der Waals surface area contributed by atoms with Crippen molar-refractivity contribution in [2.75, 3.05) is 12.4 Å². The molecule has 0 saturated carbocycles. The molecule has 1 heterocycles. The van der Waals surface area contributed by atoms with Gasteiger partial charge in [-0.3, -0.25) is 0 Å². The van der Waals surface area contributed by atoms with Crippen molar-refractivity contribution >= 4 is 29.0 Å². The molecule has 5 heteroatoms. The van der Waals surface area contributed by atoms with Crippen LogP contribution in [0.3, 0.4) is 0 Å². The van der Waals surface area contributed by atoms with Gasteiger partial charge in [0.05, 0.1) is 6.04 Å². The maximum Gasteiger partial charge on any atom is 0.315 e. The summed E-state index contributed by atoms with van der Waals surface area (Å²) in [6.07, 6.45) is 0. The van der Waals surface area contributed by atoms with Crippen molar-refractivity contribution in [3.63, 3.8) is 0 Å². The summed E-state index contributed by atoms with van der Waals surface area (Å²) < 4.78 is 0. The number of rotatable bonds is 4. The van der Waals surface area contributed by atoms with Crippen molar-refractivity contribution in [1.82, 2.24) is 10.6 Å². The maximum absolute atomic E-state index is 11.2. The van der Waals surface area contributed by atoms with E-state index in [2.05, 4.69) is 10.6 Å². The van der Waals surface area contributed by atoms with Crippen LogP contribution in [0.5, 0.6) is 0 Å². The lowest BCUT2D eigenvalue weighted by atomic mass is 10.2. The Morgan fingerprint density at radius 3 is 3.07 bits per heavy atom. The van der Waals surface area contributed by atoms with Crippen molar-refractivity contribution in [2.45, 2.75) is 13.0 Å². The van der Waals surface area contributed by atoms with Gasteiger partial charge < -0.3 is 10.6 Å². The monoisotopic (exact) mass is 232 g/mol. The molecule has 0 aromatic carbocycles. The van der Waals surface area contributed by atoms with Crippen LogP contribution >= 0.6 is 22.9 Å². The van der Waals surface area contributed by atoms with Gasteiger partial charge in [0.2, 0.25) is 0 Å². The lowest BCUT2D eigenvalue weighted by Crippen LogP contribution is -2.37. The minimum atomic E-state index is -0.177. The molecule has 1 rings (SSSR count). The van der Waals surface area contributed by atoms with Gasteiger partial charge in [0.25, 0.3) is 0 Å². The van der Waals surface area contributed by atoms with E-state index >= 15 is 0 Å². The summed E-state index contributed by atoms with van der Waals surface area (Å²) in [5.74, 6) is 0.431. The summed E-state index contributed by atoms with van der Waals surface area (Å²) in [6, 6.07) is 1.86. The predicted octanol–water partition coefficient (Wildman–Crippen LogP) is 2.35. The fourth-order valence-electron chi connectivity index (χ4n) is 1.01. The summed E-state index contributed by atoms with van der Waals surface area (Å²) >= 11 is 7.06. The molecule has 1 aromatic rings. The molecule has 0 saturated heterocycles. The standard InChI is InChI=1S/C9H13ClN2OS/c1-7(8-2-5-14-6-8)12-9(13)11-4-3-10/h2,5-7H,3-4H2,1H3,(H2,11,12,13). The number of amides is 2. The molecule has 0 radical (unpaired) electrons. The lowest BCUT2D eigenvalue weighted by Gasteiger charge is -2.12. The van der Waals surface area contributed by atoms with Crippen molar-refractivity contribution < 1.29 is 4.79 Å². The number of thiophene rings is 1. The largest absolute Gasteiger partial charge is 0.337 e. The third-order valence-corrected chi connectivity index (χ3v) is 2.66. The van der Waals surface area contributed by atoms with Crippen LogP contribution in [0.2, 0.25) is 0 Å². The smallest absolute Gasteiger partial charge is 0.315 e. The van der Waals surface area contributed by atoms with Gasteiger partial charge in [0.1, 0.15) is 0 Å². The number of nitrogens with one attached hydrogen (secondary N) is 2. The Labute approximate surface area is 92.5 Å². The minimum absolute atomic E-state index is 0.0385. The molecule has 0 bridgehead atoms. The van der Waals surface area contributed by atoms with Gasteiger partial charge in [-0.05, 0) is 29.3 Å². The third-order valence-electron chi connectivity index (χ3n) is 1.77. The molecule has 0 spiro atoms. The zero-order chi connectivity index (χ0) is 10.4. The molecule has 2 amide bonds. The van der Waals surface area contributed by atoms with Crippen LogP contribution < -0.4 is 10.6 Å². The maximum atomic E-state index is 11.2. The van der Waals surface area contributed by atoms with Crippen LogP contribution in [0.4, 0.5) is 4.79 Å². The van der Waals surface area contributed by atoms with E-state index in [9.17, 15) is 4.79 Å². The molecular formula is C9H13ClN2OS. The van der Waals surface area contributed by atoms with Crippen LogP contribution in [0.15, 0.2) is 16.8 Å². The van der Waals surface area contributed by atoms with Crippen LogP contribution in [-0.2, 0) is 0 Å². The Morgan fingerprint density at radius 1 is 1.71 bits per heavy atom. The van der Waals surface area contributed by atoms with Gasteiger partial charge in [-0.25, -0.2) is 4.79 Å². The van der Waals surface area contributed by atoms with E-state index < -0.39 is 0 Å². The molecule has 0 aliphatic heterocycles. The highest BCUT2D eigenvalue weighted by atomic mass is 35.5. The van der Waals surface area contributed by atoms with Crippen LogP contribution in [0, 0.1) is 0 Å². The first kappa shape index (κ1) is 11.3. The topological polar surface area (TPSA) is 41.1 Å². The average molecular weight is 233 g/mol. The molecule has 3 nitrogen and oxygen atoms in total. The Kier molecular flexibility index (Phi) is 4.76. The minimum Gasteiger partial charge on any atom is -0.337 e. The first-order chi connectivity index (χ1) is 6.74. The quantitative estimate of drug-likeness (QED) is 0.769. The highest BCUT2D eigenvalue weighted by Crippen LogP contribution is 2.14. The van der Waals surface area contributed by atoms with Gasteiger partial charge in [-0.1, -0.05) is 0 Å². The summed E-state index contributed by atoms with van der Waals surface area (Å²) in [6.45, 7) is 2.44. The molecular weight excluding hydrogens is 220 g/mol.